The van der Waals surface area contributed by atoms with E-state index in [1.807, 2.05) is 50.8 Å². The molecular weight excluding hydrogens is 694 g/mol. The number of ether oxygens (including phenoxy) is 3. The first kappa shape index (κ1) is 37.4. The highest BCUT2D eigenvalue weighted by atomic mass is 35.5. The van der Waals surface area contributed by atoms with E-state index in [-0.39, 0.29) is 18.6 Å². The minimum absolute atomic E-state index is 0.239. The molecule has 12 nitrogen and oxygen atoms in total. The predicted octanol–water partition coefficient (Wildman–Crippen LogP) is 7.61. The Morgan fingerprint density at radius 3 is 2.53 bits per heavy atom. The number of carbonyl (C=O) groups excluding carboxylic acids is 2. The number of hydrogen-bond acceptors (Lipinski definition) is 10. The summed E-state index contributed by atoms with van der Waals surface area (Å²) in [6.45, 7) is 10.1. The van der Waals surface area contributed by atoms with E-state index in [1.54, 1.807) is 42.6 Å². The first-order valence-electron chi connectivity index (χ1n) is 17.8. The summed E-state index contributed by atoms with van der Waals surface area (Å²) in [6, 6.07) is 16.9. The zero-order valence-electron chi connectivity index (χ0n) is 30.3. The molecule has 3 heterocycles. The van der Waals surface area contributed by atoms with Crippen LogP contribution in [0.25, 0.3) is 10.9 Å². The molecule has 1 unspecified atom stereocenters. The van der Waals surface area contributed by atoms with Crippen molar-refractivity contribution in [2.75, 3.05) is 36.9 Å². The van der Waals surface area contributed by atoms with E-state index in [2.05, 4.69) is 32.0 Å². The molecule has 2 aromatic carbocycles. The number of carbonyl (C=O) groups is 2. The maximum Gasteiger partial charge on any atom is 0.410 e. The summed E-state index contributed by atoms with van der Waals surface area (Å²) in [4.78, 5) is 36.2. The van der Waals surface area contributed by atoms with E-state index in [9.17, 15) is 14.9 Å². The number of nitrogens with zero attached hydrogens (tertiary/aromatic N) is 4. The van der Waals surface area contributed by atoms with Crippen LogP contribution in [0.3, 0.4) is 0 Å². The molecule has 0 spiro atoms. The van der Waals surface area contributed by atoms with Gasteiger partial charge in [0.25, 0.3) is 0 Å². The van der Waals surface area contributed by atoms with E-state index >= 15 is 0 Å². The topological polar surface area (TPSA) is 151 Å². The molecule has 2 aromatic heterocycles. The lowest BCUT2D eigenvalue weighted by Gasteiger charge is -2.25. The quantitative estimate of drug-likeness (QED) is 0.124. The second-order valence-electron chi connectivity index (χ2n) is 14.2. The van der Waals surface area contributed by atoms with Gasteiger partial charge in [-0.15, -0.1) is 0 Å². The summed E-state index contributed by atoms with van der Waals surface area (Å²) in [5.41, 5.74) is 2.73. The van der Waals surface area contributed by atoms with Crippen LogP contribution in [0.2, 0.25) is 5.02 Å². The number of anilines is 3. The van der Waals surface area contributed by atoms with Crippen molar-refractivity contribution in [3.63, 3.8) is 0 Å². The predicted molar refractivity (Wildman–Crippen MR) is 205 cm³/mol. The number of rotatable bonds is 12. The van der Waals surface area contributed by atoms with E-state index < -0.39 is 5.60 Å². The Morgan fingerprint density at radius 1 is 1.06 bits per heavy atom. The lowest BCUT2D eigenvalue weighted by molar-refractivity contribution is -0.111. The molecule has 3 N–H and O–H groups in total. The summed E-state index contributed by atoms with van der Waals surface area (Å²) in [7, 11) is 0. The molecule has 6 rings (SSSR count). The molecule has 53 heavy (non-hydrogen) atoms. The Kier molecular flexibility index (Phi) is 11.7. The molecule has 1 saturated carbocycles. The maximum atomic E-state index is 13.1. The van der Waals surface area contributed by atoms with Gasteiger partial charge in [0.2, 0.25) is 5.91 Å². The summed E-state index contributed by atoms with van der Waals surface area (Å²) < 4.78 is 17.3. The highest BCUT2D eigenvalue weighted by molar-refractivity contribution is 6.32. The van der Waals surface area contributed by atoms with Crippen molar-refractivity contribution >= 4 is 51.6 Å². The molecule has 2 aliphatic rings. The Balaban J connectivity index is 1.09. The summed E-state index contributed by atoms with van der Waals surface area (Å²) in [5, 5.41) is 20.8. The van der Waals surface area contributed by atoms with E-state index in [0.29, 0.717) is 81.1 Å². The van der Waals surface area contributed by atoms with Crippen LogP contribution >= 0.6 is 11.6 Å². The van der Waals surface area contributed by atoms with Gasteiger partial charge in [-0.3, -0.25) is 14.8 Å². The van der Waals surface area contributed by atoms with Gasteiger partial charge in [0.1, 0.15) is 29.8 Å². The fourth-order valence-corrected chi connectivity index (χ4v) is 7.04. The fourth-order valence-electron chi connectivity index (χ4n) is 6.80. The third-order valence-electron chi connectivity index (χ3n) is 9.15. The van der Waals surface area contributed by atoms with Crippen molar-refractivity contribution in [3.05, 3.63) is 89.4 Å². The van der Waals surface area contributed by atoms with Gasteiger partial charge in [-0.05, 0) is 88.8 Å². The Morgan fingerprint density at radius 2 is 1.85 bits per heavy atom. The number of halogens is 1. The average molecular weight is 738 g/mol. The van der Waals surface area contributed by atoms with Crippen LogP contribution in [0.5, 0.6) is 11.5 Å². The number of aromatic nitrogens is 2. The number of likely N-dealkylation sites (tertiary alicyclic amines) is 1. The molecule has 1 aliphatic carbocycles. The van der Waals surface area contributed by atoms with Crippen molar-refractivity contribution in [2.45, 2.75) is 58.8 Å². The van der Waals surface area contributed by atoms with E-state index in [0.717, 1.165) is 31.6 Å². The number of pyridine rings is 2. The average Bonchev–Trinajstić information content (AvgIpc) is 3.70. The van der Waals surface area contributed by atoms with Gasteiger partial charge in [-0.1, -0.05) is 23.7 Å². The van der Waals surface area contributed by atoms with Crippen molar-refractivity contribution in [2.24, 2.45) is 11.8 Å². The van der Waals surface area contributed by atoms with Crippen LogP contribution in [-0.4, -0.2) is 64.8 Å². The smallest absolute Gasteiger partial charge is 0.410 e. The Hall–Kier alpha value is -5.38. The molecule has 4 aromatic rings. The van der Waals surface area contributed by atoms with Crippen LogP contribution in [0.15, 0.2) is 73.1 Å². The molecule has 2 fully saturated rings. The summed E-state index contributed by atoms with van der Waals surface area (Å²) >= 11 is 6.58. The zero-order valence-corrected chi connectivity index (χ0v) is 31.1. The van der Waals surface area contributed by atoms with Crippen LogP contribution in [-0.2, 0) is 16.1 Å². The van der Waals surface area contributed by atoms with Gasteiger partial charge >= 0.3 is 6.09 Å². The Labute approximate surface area is 314 Å². The maximum absolute atomic E-state index is 13.1. The van der Waals surface area contributed by atoms with Crippen LogP contribution in [0, 0.1) is 23.2 Å². The van der Waals surface area contributed by atoms with Crippen molar-refractivity contribution < 1.29 is 23.8 Å². The fraction of sp³-hybridized carbons (Fsp3) is 0.375. The molecule has 1 saturated heterocycles. The van der Waals surface area contributed by atoms with Crippen LogP contribution in [0.4, 0.5) is 21.9 Å². The minimum atomic E-state index is -0.504. The summed E-state index contributed by atoms with van der Waals surface area (Å²) in [5.74, 6) is 1.52. The van der Waals surface area contributed by atoms with Gasteiger partial charge in [0.05, 0.1) is 39.8 Å². The van der Waals surface area contributed by atoms with Crippen molar-refractivity contribution in [1.82, 2.24) is 20.2 Å². The molecule has 2 amide bonds. The van der Waals surface area contributed by atoms with Crippen molar-refractivity contribution in [3.8, 4) is 17.6 Å². The third kappa shape index (κ3) is 9.54. The van der Waals surface area contributed by atoms with Crippen LogP contribution < -0.4 is 25.4 Å². The number of hydrogen-bond donors (Lipinski definition) is 3. The molecule has 1 aliphatic heterocycles. The van der Waals surface area contributed by atoms with Gasteiger partial charge < -0.3 is 35.1 Å². The van der Waals surface area contributed by atoms with E-state index in [1.165, 1.54) is 12.3 Å². The van der Waals surface area contributed by atoms with Crippen LogP contribution in [0.1, 0.15) is 51.8 Å². The second kappa shape index (κ2) is 16.5. The number of amides is 2. The number of nitrogens with one attached hydrogen (secondary N) is 3. The first-order chi connectivity index (χ1) is 25.5. The zero-order chi connectivity index (χ0) is 37.5. The van der Waals surface area contributed by atoms with Gasteiger partial charge in [-0.25, -0.2) is 4.79 Å². The second-order valence-corrected chi connectivity index (χ2v) is 14.6. The molecule has 276 valence electrons. The normalized spacial score (nSPS) is 18.1. The lowest BCUT2D eigenvalue weighted by atomic mass is 10.0. The molecule has 3 atom stereocenters. The minimum Gasteiger partial charge on any atom is -0.492 e. The first-order valence-corrected chi connectivity index (χ1v) is 18.1. The number of benzene rings is 2. The number of fused-ring (bicyclic) bond motifs is 2. The van der Waals surface area contributed by atoms with Crippen molar-refractivity contribution in [1.29, 1.82) is 5.26 Å². The summed E-state index contributed by atoms with van der Waals surface area (Å²) in [6.07, 6.45) is 8.21. The largest absolute Gasteiger partial charge is 0.492 e. The molecule has 0 bridgehead atoms. The monoisotopic (exact) mass is 737 g/mol. The van der Waals surface area contributed by atoms with E-state index in [4.69, 9.17) is 25.8 Å². The third-order valence-corrected chi connectivity index (χ3v) is 9.44. The van der Waals surface area contributed by atoms with Gasteiger partial charge in [-0.2, -0.15) is 5.26 Å². The highest BCUT2D eigenvalue weighted by Gasteiger charge is 2.43. The lowest BCUT2D eigenvalue weighted by Crippen LogP contribution is -2.37. The molecule has 0 radical (unpaired) electrons. The molecular formula is C40H44ClN7O5. The van der Waals surface area contributed by atoms with Gasteiger partial charge in [0.15, 0.2) is 0 Å². The molecule has 13 heteroatoms. The standard InChI is InChI=1S/C40H44ClN7O5/c1-5-51-36-19-33-31(38(27(20-42)21-45-33)46-28-11-12-35(32(41)17-28)52-24-29-9-6-7-13-43-29)18-34(36)47-37(49)10-8-14-44-30-15-25-22-48(23-26(25)16-30)39(50)53-40(2,3)4/h6-13,17-19,21,25-26,30,44H,5,14-16,22-24H2,1-4H3,(H,45,46)(H,47,49)/b10-8+/t25-,26+,30?. The van der Waals surface area contributed by atoms with Gasteiger partial charge in [0, 0.05) is 61.3 Å². The Bertz CT molecular complexity index is 2010. The number of nitriles is 1. The SMILES string of the molecule is CCOc1cc2ncc(C#N)c(Nc3ccc(OCc4ccccn4)c(Cl)c3)c2cc1NC(=O)/C=C/CNC1C[C@@H]2CN(C(=O)OC(C)(C)C)C[C@@H]2C1. The highest BCUT2D eigenvalue weighted by Crippen LogP contribution is 2.39.